The summed E-state index contributed by atoms with van der Waals surface area (Å²) in [5, 5.41) is 3.70. The smallest absolute Gasteiger partial charge is 0.278 e. The van der Waals surface area contributed by atoms with Gasteiger partial charge in [-0.25, -0.2) is 0 Å². The lowest BCUT2D eigenvalue weighted by atomic mass is 10.0. The SMILES string of the molecule is COc1ccccc1C1=C(Nc2ccc(C)c(C)c2)C(=O)N(Cc2ccccc2Cl)C1=O. The first kappa shape index (κ1) is 21.7. The molecule has 3 aromatic carbocycles. The number of hydrogen-bond donors (Lipinski definition) is 1. The van der Waals surface area contributed by atoms with Crippen LogP contribution in [0.25, 0.3) is 5.57 Å². The van der Waals surface area contributed by atoms with Crippen molar-refractivity contribution < 1.29 is 14.3 Å². The van der Waals surface area contributed by atoms with Crippen molar-refractivity contribution in [3.05, 3.63) is 99.7 Å². The highest BCUT2D eigenvalue weighted by atomic mass is 35.5. The number of carbonyl (C=O) groups excluding carboxylic acids is 2. The lowest BCUT2D eigenvalue weighted by Gasteiger charge is -2.16. The molecule has 0 spiro atoms. The van der Waals surface area contributed by atoms with Crippen LogP contribution in [0.5, 0.6) is 5.75 Å². The van der Waals surface area contributed by atoms with Gasteiger partial charge in [0.05, 0.1) is 19.2 Å². The fourth-order valence-corrected chi connectivity index (χ4v) is 3.89. The van der Waals surface area contributed by atoms with Crippen molar-refractivity contribution in [3.63, 3.8) is 0 Å². The molecule has 4 rings (SSSR count). The van der Waals surface area contributed by atoms with Gasteiger partial charge in [-0.05, 0) is 54.8 Å². The third-order valence-corrected chi connectivity index (χ3v) is 5.98. The topological polar surface area (TPSA) is 58.6 Å². The lowest BCUT2D eigenvalue weighted by molar-refractivity contribution is -0.137. The van der Waals surface area contributed by atoms with Gasteiger partial charge in [-0.15, -0.1) is 0 Å². The van der Waals surface area contributed by atoms with Crippen molar-refractivity contribution in [3.8, 4) is 5.75 Å². The van der Waals surface area contributed by atoms with Crippen LogP contribution >= 0.6 is 11.6 Å². The molecule has 1 N–H and O–H groups in total. The molecule has 2 amide bonds. The Balaban J connectivity index is 1.80. The number of nitrogens with zero attached hydrogens (tertiary/aromatic N) is 1. The number of hydrogen-bond acceptors (Lipinski definition) is 4. The molecule has 0 unspecified atom stereocenters. The summed E-state index contributed by atoms with van der Waals surface area (Å²) < 4.78 is 5.48. The maximum Gasteiger partial charge on any atom is 0.278 e. The molecule has 162 valence electrons. The Morgan fingerprint density at radius 3 is 2.34 bits per heavy atom. The fourth-order valence-electron chi connectivity index (χ4n) is 3.70. The summed E-state index contributed by atoms with van der Waals surface area (Å²) in [6.45, 7) is 4.10. The van der Waals surface area contributed by atoms with Gasteiger partial charge in [-0.3, -0.25) is 14.5 Å². The summed E-state index contributed by atoms with van der Waals surface area (Å²) in [4.78, 5) is 28.2. The zero-order valence-corrected chi connectivity index (χ0v) is 18.9. The maximum absolute atomic E-state index is 13.5. The Bertz CT molecular complexity index is 1250. The zero-order valence-electron chi connectivity index (χ0n) is 18.1. The fraction of sp³-hybridized carbons (Fsp3) is 0.154. The number of methoxy groups -OCH3 is 1. The Hall–Kier alpha value is -3.57. The van der Waals surface area contributed by atoms with E-state index in [0.29, 0.717) is 21.9 Å². The molecule has 5 nitrogen and oxygen atoms in total. The third kappa shape index (κ3) is 3.99. The van der Waals surface area contributed by atoms with Gasteiger partial charge in [0, 0.05) is 16.3 Å². The number of carbonyl (C=O) groups is 2. The van der Waals surface area contributed by atoms with Crippen LogP contribution in [0.1, 0.15) is 22.3 Å². The van der Waals surface area contributed by atoms with Crippen molar-refractivity contribution in [2.75, 3.05) is 12.4 Å². The molecule has 0 fully saturated rings. The molecule has 6 heteroatoms. The average molecular weight is 447 g/mol. The first-order chi connectivity index (χ1) is 15.4. The number of nitrogens with one attached hydrogen (secondary N) is 1. The molecular weight excluding hydrogens is 424 g/mol. The monoisotopic (exact) mass is 446 g/mol. The Labute approximate surface area is 192 Å². The summed E-state index contributed by atoms with van der Waals surface area (Å²) in [5.41, 5.74) is 4.70. The van der Waals surface area contributed by atoms with E-state index in [1.165, 1.54) is 4.90 Å². The highest BCUT2D eigenvalue weighted by Crippen LogP contribution is 2.36. The highest BCUT2D eigenvalue weighted by Gasteiger charge is 2.40. The van der Waals surface area contributed by atoms with Crippen molar-refractivity contribution in [1.29, 1.82) is 0 Å². The minimum atomic E-state index is -0.408. The number of aryl methyl sites for hydroxylation is 2. The van der Waals surface area contributed by atoms with E-state index < -0.39 is 11.8 Å². The van der Waals surface area contributed by atoms with Crippen molar-refractivity contribution in [2.24, 2.45) is 0 Å². The van der Waals surface area contributed by atoms with Crippen LogP contribution in [0.2, 0.25) is 5.02 Å². The number of halogens is 1. The Morgan fingerprint density at radius 2 is 1.62 bits per heavy atom. The van der Waals surface area contributed by atoms with Crippen molar-refractivity contribution in [1.82, 2.24) is 4.90 Å². The van der Waals surface area contributed by atoms with Crippen molar-refractivity contribution in [2.45, 2.75) is 20.4 Å². The van der Waals surface area contributed by atoms with E-state index in [1.807, 2.05) is 56.3 Å². The molecule has 0 aliphatic carbocycles. The second kappa shape index (κ2) is 8.89. The number of benzene rings is 3. The lowest BCUT2D eigenvalue weighted by Crippen LogP contribution is -2.32. The van der Waals surface area contributed by atoms with Gasteiger partial charge in [0.1, 0.15) is 11.4 Å². The minimum absolute atomic E-state index is 0.0775. The first-order valence-electron chi connectivity index (χ1n) is 10.2. The van der Waals surface area contributed by atoms with E-state index >= 15 is 0 Å². The molecule has 1 aliphatic rings. The molecule has 3 aromatic rings. The van der Waals surface area contributed by atoms with Crippen LogP contribution < -0.4 is 10.1 Å². The number of para-hydroxylation sites is 1. The van der Waals surface area contributed by atoms with E-state index in [-0.39, 0.29) is 17.8 Å². The molecule has 0 atom stereocenters. The molecule has 1 heterocycles. The van der Waals surface area contributed by atoms with Gasteiger partial charge in [0.2, 0.25) is 0 Å². The molecule has 32 heavy (non-hydrogen) atoms. The summed E-state index contributed by atoms with van der Waals surface area (Å²) in [6, 6.07) is 20.2. The molecule has 1 aliphatic heterocycles. The number of ether oxygens (including phenoxy) is 1. The first-order valence-corrected chi connectivity index (χ1v) is 10.6. The highest BCUT2D eigenvalue weighted by molar-refractivity contribution is 6.37. The van der Waals surface area contributed by atoms with E-state index in [1.54, 1.807) is 31.4 Å². The van der Waals surface area contributed by atoms with Crippen LogP contribution in [-0.4, -0.2) is 23.8 Å². The summed E-state index contributed by atoms with van der Waals surface area (Å²) in [5.74, 6) is -0.289. The predicted molar refractivity (Wildman–Crippen MR) is 126 cm³/mol. The third-order valence-electron chi connectivity index (χ3n) is 5.61. The zero-order chi connectivity index (χ0) is 22.8. The van der Waals surface area contributed by atoms with Gasteiger partial charge >= 0.3 is 0 Å². The van der Waals surface area contributed by atoms with E-state index in [4.69, 9.17) is 16.3 Å². The van der Waals surface area contributed by atoms with Crippen LogP contribution in [0, 0.1) is 13.8 Å². The van der Waals surface area contributed by atoms with E-state index in [0.717, 1.165) is 16.8 Å². The second-order valence-electron chi connectivity index (χ2n) is 7.66. The standard InChI is InChI=1S/C26H23ClN2O3/c1-16-12-13-19(14-17(16)2)28-24-23(20-9-5-7-11-22(20)32-3)25(30)29(26(24)31)15-18-8-4-6-10-21(18)27/h4-14,28H,15H2,1-3H3. The largest absolute Gasteiger partial charge is 0.496 e. The van der Waals surface area contributed by atoms with Crippen molar-refractivity contribution >= 4 is 34.7 Å². The molecule has 0 bridgehead atoms. The molecular formula is C26H23ClN2O3. The van der Waals surface area contributed by atoms with Crippen LogP contribution in [0.15, 0.2) is 72.4 Å². The summed E-state index contributed by atoms with van der Waals surface area (Å²) in [6.07, 6.45) is 0. The van der Waals surface area contributed by atoms with Gasteiger partial charge in [0.15, 0.2) is 0 Å². The Morgan fingerprint density at radius 1 is 0.906 bits per heavy atom. The second-order valence-corrected chi connectivity index (χ2v) is 8.07. The van der Waals surface area contributed by atoms with Crippen LogP contribution in [0.3, 0.4) is 0 Å². The normalized spacial score (nSPS) is 13.7. The number of imide groups is 1. The van der Waals surface area contributed by atoms with Gasteiger partial charge in [0.25, 0.3) is 11.8 Å². The molecule has 0 saturated carbocycles. The van der Waals surface area contributed by atoms with Gasteiger partial charge in [-0.2, -0.15) is 0 Å². The van der Waals surface area contributed by atoms with E-state index in [2.05, 4.69) is 5.32 Å². The number of anilines is 1. The predicted octanol–water partition coefficient (Wildman–Crippen LogP) is 5.36. The maximum atomic E-state index is 13.5. The summed E-state index contributed by atoms with van der Waals surface area (Å²) >= 11 is 6.30. The van der Waals surface area contributed by atoms with Crippen LogP contribution in [-0.2, 0) is 16.1 Å². The number of rotatable bonds is 6. The van der Waals surface area contributed by atoms with Gasteiger partial charge in [-0.1, -0.05) is 54.1 Å². The van der Waals surface area contributed by atoms with E-state index in [9.17, 15) is 9.59 Å². The minimum Gasteiger partial charge on any atom is -0.496 e. The Kier molecular flexibility index (Phi) is 6.01. The van der Waals surface area contributed by atoms with Crippen LogP contribution in [0.4, 0.5) is 5.69 Å². The molecule has 0 radical (unpaired) electrons. The average Bonchev–Trinajstić information content (AvgIpc) is 3.01. The number of amides is 2. The molecule has 0 saturated heterocycles. The molecule has 0 aromatic heterocycles. The quantitative estimate of drug-likeness (QED) is 0.518. The van der Waals surface area contributed by atoms with Gasteiger partial charge < -0.3 is 10.1 Å². The summed E-state index contributed by atoms with van der Waals surface area (Å²) in [7, 11) is 1.54.